The van der Waals surface area contributed by atoms with E-state index >= 15 is 0 Å². The van der Waals surface area contributed by atoms with E-state index in [1.807, 2.05) is 6.92 Å². The van der Waals surface area contributed by atoms with Crippen molar-refractivity contribution in [3.63, 3.8) is 0 Å². The van der Waals surface area contributed by atoms with Crippen LogP contribution in [-0.2, 0) is 16.6 Å². The number of anilines is 1. The molecule has 0 saturated carbocycles. The largest absolute Gasteiger partial charge is 0.370 e. The number of aromatic amines is 1. The number of pyridine rings is 1. The van der Waals surface area contributed by atoms with E-state index in [0.717, 1.165) is 5.56 Å². The summed E-state index contributed by atoms with van der Waals surface area (Å²) in [6.45, 7) is 2.87. The summed E-state index contributed by atoms with van der Waals surface area (Å²) < 4.78 is 26.2. The summed E-state index contributed by atoms with van der Waals surface area (Å²) >= 11 is 0. The van der Waals surface area contributed by atoms with Crippen LogP contribution in [0.4, 0.5) is 5.82 Å². The highest BCUT2D eigenvalue weighted by atomic mass is 32.2. The van der Waals surface area contributed by atoms with Crippen LogP contribution in [0.5, 0.6) is 0 Å². The van der Waals surface area contributed by atoms with Crippen LogP contribution >= 0.6 is 0 Å². The van der Waals surface area contributed by atoms with Gasteiger partial charge in [0.2, 0.25) is 10.0 Å². The molecule has 2 aromatic rings. The van der Waals surface area contributed by atoms with Gasteiger partial charge in [0.1, 0.15) is 5.82 Å². The van der Waals surface area contributed by atoms with Gasteiger partial charge in [0.05, 0.1) is 11.1 Å². The summed E-state index contributed by atoms with van der Waals surface area (Å²) in [7, 11) is -2.01. The molecule has 0 unspecified atom stereocenters. The van der Waals surface area contributed by atoms with E-state index in [1.165, 1.54) is 29.7 Å². The molecule has 20 heavy (non-hydrogen) atoms. The van der Waals surface area contributed by atoms with Gasteiger partial charge in [-0.2, -0.15) is 9.40 Å². The average Bonchev–Trinajstić information content (AvgIpc) is 2.92. The number of sulfonamides is 1. The first kappa shape index (κ1) is 14.5. The van der Waals surface area contributed by atoms with Gasteiger partial charge in [-0.3, -0.25) is 5.10 Å². The van der Waals surface area contributed by atoms with Gasteiger partial charge in [0, 0.05) is 44.2 Å². The molecule has 2 rings (SSSR count). The Bertz CT molecular complexity index is 654. The first-order chi connectivity index (χ1) is 9.54. The second-order valence-electron chi connectivity index (χ2n) is 4.27. The highest BCUT2D eigenvalue weighted by Crippen LogP contribution is 2.18. The minimum atomic E-state index is -3.54. The summed E-state index contributed by atoms with van der Waals surface area (Å²) in [4.78, 5) is 4.29. The van der Waals surface area contributed by atoms with Crippen LogP contribution in [0.2, 0.25) is 0 Å². The Balaban J connectivity index is 2.22. The van der Waals surface area contributed by atoms with Crippen LogP contribution in [0, 0.1) is 0 Å². The predicted molar refractivity (Wildman–Crippen MR) is 75.6 cm³/mol. The third kappa shape index (κ3) is 3.14. The second kappa shape index (κ2) is 6.02. The molecular weight excluding hydrogens is 278 g/mol. The minimum absolute atomic E-state index is 0.217. The number of nitrogens with one attached hydrogen (secondary N) is 2. The molecule has 0 aliphatic rings. The van der Waals surface area contributed by atoms with E-state index in [1.54, 1.807) is 12.4 Å². The Morgan fingerprint density at radius 1 is 1.45 bits per heavy atom. The zero-order chi connectivity index (χ0) is 14.6. The summed E-state index contributed by atoms with van der Waals surface area (Å²) in [5, 5.41) is 9.46. The van der Waals surface area contributed by atoms with Crippen molar-refractivity contribution >= 4 is 15.8 Å². The zero-order valence-electron chi connectivity index (χ0n) is 11.4. The fraction of sp³-hybridized carbons (Fsp3) is 0.333. The van der Waals surface area contributed by atoms with E-state index in [4.69, 9.17) is 0 Å². The quantitative estimate of drug-likeness (QED) is 0.831. The van der Waals surface area contributed by atoms with Crippen molar-refractivity contribution in [1.82, 2.24) is 19.5 Å². The molecule has 8 heteroatoms. The standard InChI is InChI=1S/C12H17N5O2S/c1-3-13-12-6-11(4-5-14-12)20(18,19)17(2)9-10-7-15-16-8-10/h4-8H,3,9H2,1-2H3,(H,13,14)(H,15,16). The van der Waals surface area contributed by atoms with Gasteiger partial charge in [-0.15, -0.1) is 0 Å². The summed E-state index contributed by atoms with van der Waals surface area (Å²) in [6, 6.07) is 3.02. The van der Waals surface area contributed by atoms with E-state index in [0.29, 0.717) is 12.4 Å². The highest BCUT2D eigenvalue weighted by molar-refractivity contribution is 7.89. The molecule has 0 radical (unpaired) electrons. The first-order valence-corrected chi connectivity index (χ1v) is 7.62. The third-order valence-electron chi connectivity index (χ3n) is 2.76. The maximum Gasteiger partial charge on any atom is 0.243 e. The van der Waals surface area contributed by atoms with Gasteiger partial charge in [-0.05, 0) is 13.0 Å². The minimum Gasteiger partial charge on any atom is -0.370 e. The number of hydrogen-bond donors (Lipinski definition) is 2. The van der Waals surface area contributed by atoms with Crippen molar-refractivity contribution in [2.45, 2.75) is 18.4 Å². The van der Waals surface area contributed by atoms with Crippen molar-refractivity contribution in [3.05, 3.63) is 36.3 Å². The molecule has 0 bridgehead atoms. The number of hydrogen-bond acceptors (Lipinski definition) is 5. The SMILES string of the molecule is CCNc1cc(S(=O)(=O)N(C)Cc2cn[nH]c2)ccn1. The average molecular weight is 295 g/mol. The predicted octanol–water partition coefficient (Wildman–Crippen LogP) is 1.06. The maximum atomic E-state index is 12.5. The monoisotopic (exact) mass is 295 g/mol. The number of H-pyrrole nitrogens is 1. The topological polar surface area (TPSA) is 91.0 Å². The normalized spacial score (nSPS) is 11.8. The molecule has 2 N–H and O–H groups in total. The smallest absolute Gasteiger partial charge is 0.243 e. The summed E-state index contributed by atoms with van der Waals surface area (Å²) in [5.41, 5.74) is 0.803. The second-order valence-corrected chi connectivity index (χ2v) is 6.32. The highest BCUT2D eigenvalue weighted by Gasteiger charge is 2.21. The molecule has 2 aromatic heterocycles. The fourth-order valence-corrected chi connectivity index (χ4v) is 2.91. The summed E-state index contributed by atoms with van der Waals surface area (Å²) in [5.74, 6) is 0.547. The van der Waals surface area contributed by atoms with Gasteiger partial charge in [0.25, 0.3) is 0 Å². The molecule has 108 valence electrons. The first-order valence-electron chi connectivity index (χ1n) is 6.18. The molecule has 2 heterocycles. The molecule has 0 amide bonds. The summed E-state index contributed by atoms with van der Waals surface area (Å²) in [6.07, 6.45) is 4.75. The Morgan fingerprint density at radius 2 is 2.25 bits per heavy atom. The van der Waals surface area contributed by atoms with Crippen molar-refractivity contribution in [2.75, 3.05) is 18.9 Å². The van der Waals surface area contributed by atoms with Crippen LogP contribution in [0.1, 0.15) is 12.5 Å². The van der Waals surface area contributed by atoms with Crippen LogP contribution < -0.4 is 5.32 Å². The van der Waals surface area contributed by atoms with E-state index in [2.05, 4.69) is 20.5 Å². The van der Waals surface area contributed by atoms with Crippen molar-refractivity contribution in [1.29, 1.82) is 0 Å². The molecular formula is C12H17N5O2S. The molecule has 0 aliphatic heterocycles. The van der Waals surface area contributed by atoms with E-state index in [-0.39, 0.29) is 11.4 Å². The van der Waals surface area contributed by atoms with Gasteiger partial charge in [-0.1, -0.05) is 0 Å². The Morgan fingerprint density at radius 3 is 2.90 bits per heavy atom. The van der Waals surface area contributed by atoms with Crippen molar-refractivity contribution < 1.29 is 8.42 Å². The molecule has 0 aromatic carbocycles. The Labute approximate surface area is 118 Å². The lowest BCUT2D eigenvalue weighted by molar-refractivity contribution is 0.467. The number of nitrogens with zero attached hydrogens (tertiary/aromatic N) is 3. The molecule has 0 fully saturated rings. The molecule has 0 aliphatic carbocycles. The van der Waals surface area contributed by atoms with E-state index in [9.17, 15) is 8.42 Å². The fourth-order valence-electron chi connectivity index (χ4n) is 1.74. The molecule has 7 nitrogen and oxygen atoms in total. The van der Waals surface area contributed by atoms with Crippen LogP contribution in [0.25, 0.3) is 0 Å². The lowest BCUT2D eigenvalue weighted by atomic mass is 10.4. The Hall–Kier alpha value is -1.93. The van der Waals surface area contributed by atoms with Gasteiger partial charge < -0.3 is 5.32 Å². The Kier molecular flexibility index (Phi) is 4.35. The van der Waals surface area contributed by atoms with Crippen LogP contribution in [-0.4, -0.2) is 41.5 Å². The molecule has 0 saturated heterocycles. The van der Waals surface area contributed by atoms with Crippen molar-refractivity contribution in [3.8, 4) is 0 Å². The van der Waals surface area contributed by atoms with Crippen molar-refractivity contribution in [2.24, 2.45) is 0 Å². The van der Waals surface area contributed by atoms with Gasteiger partial charge >= 0.3 is 0 Å². The lowest BCUT2D eigenvalue weighted by Crippen LogP contribution is -2.26. The van der Waals surface area contributed by atoms with Crippen LogP contribution in [0.15, 0.2) is 35.6 Å². The maximum absolute atomic E-state index is 12.5. The molecule has 0 atom stereocenters. The number of aromatic nitrogens is 3. The number of rotatable bonds is 6. The molecule has 0 spiro atoms. The lowest BCUT2D eigenvalue weighted by Gasteiger charge is -2.16. The third-order valence-corrected chi connectivity index (χ3v) is 4.56. The van der Waals surface area contributed by atoms with Gasteiger partial charge in [-0.25, -0.2) is 13.4 Å². The van der Waals surface area contributed by atoms with Gasteiger partial charge in [0.15, 0.2) is 0 Å². The zero-order valence-corrected chi connectivity index (χ0v) is 12.2. The van der Waals surface area contributed by atoms with E-state index < -0.39 is 10.0 Å². The van der Waals surface area contributed by atoms with Crippen LogP contribution in [0.3, 0.4) is 0 Å².